The van der Waals surface area contributed by atoms with Crippen LogP contribution in [-0.4, -0.2) is 31.3 Å². The molecule has 0 radical (unpaired) electrons. The topological polar surface area (TPSA) is 25.4 Å². The van der Waals surface area contributed by atoms with Crippen molar-refractivity contribution in [2.75, 3.05) is 31.2 Å². The van der Waals surface area contributed by atoms with Crippen molar-refractivity contribution < 1.29 is 4.74 Å². The second-order valence-electron chi connectivity index (χ2n) is 3.98. The van der Waals surface area contributed by atoms with Crippen molar-refractivity contribution in [3.63, 3.8) is 0 Å². The van der Waals surface area contributed by atoms with Crippen molar-refractivity contribution in [3.8, 4) is 0 Å². The second kappa shape index (κ2) is 4.10. The zero-order valence-corrected chi connectivity index (χ0v) is 9.10. The number of rotatable bonds is 1. The maximum atomic E-state index is 5.37. The molecule has 2 heterocycles. The maximum absolute atomic E-state index is 5.37. The average Bonchev–Trinajstić information content (AvgIpc) is 2.39. The Morgan fingerprint density at radius 2 is 1.88 bits per heavy atom. The van der Waals surface area contributed by atoms with Gasteiger partial charge in [0, 0.05) is 30.1 Å². The third-order valence-corrected chi connectivity index (χ3v) is 3.00. The summed E-state index contributed by atoms with van der Waals surface area (Å²) in [5.74, 6) is 0. The van der Waals surface area contributed by atoms with Crippen LogP contribution in [0.5, 0.6) is 0 Å². The Labute approximate surface area is 94.7 Å². The Kier molecular flexibility index (Phi) is 2.46. The zero-order valence-electron chi connectivity index (χ0n) is 9.10. The minimum Gasteiger partial charge on any atom is -0.378 e. The number of ether oxygens (including phenoxy) is 1. The Balaban J connectivity index is 2.08. The number of fused-ring (bicyclic) bond motifs is 1. The summed E-state index contributed by atoms with van der Waals surface area (Å²) in [6, 6.07) is 8.38. The van der Waals surface area contributed by atoms with Crippen LogP contribution < -0.4 is 4.90 Å². The van der Waals surface area contributed by atoms with E-state index in [4.69, 9.17) is 4.74 Å². The van der Waals surface area contributed by atoms with Gasteiger partial charge in [-0.15, -0.1) is 0 Å². The van der Waals surface area contributed by atoms with E-state index in [1.54, 1.807) is 0 Å². The summed E-state index contributed by atoms with van der Waals surface area (Å²) >= 11 is 0. The van der Waals surface area contributed by atoms with E-state index >= 15 is 0 Å². The van der Waals surface area contributed by atoms with Gasteiger partial charge in [0.15, 0.2) is 0 Å². The number of benzene rings is 1. The van der Waals surface area contributed by atoms with Crippen LogP contribution in [0.25, 0.3) is 10.8 Å². The molecule has 2 aromatic rings. The summed E-state index contributed by atoms with van der Waals surface area (Å²) in [6.45, 7) is 3.53. The largest absolute Gasteiger partial charge is 0.378 e. The minimum absolute atomic E-state index is 0.809. The van der Waals surface area contributed by atoms with Gasteiger partial charge in [0.2, 0.25) is 0 Å². The van der Waals surface area contributed by atoms with E-state index in [1.165, 1.54) is 16.5 Å². The van der Waals surface area contributed by atoms with Gasteiger partial charge in [0.05, 0.1) is 25.1 Å². The van der Waals surface area contributed by atoms with Gasteiger partial charge in [-0.3, -0.25) is 4.98 Å². The molecule has 1 aliphatic rings. The van der Waals surface area contributed by atoms with Crippen LogP contribution >= 0.6 is 0 Å². The summed E-state index contributed by atoms with van der Waals surface area (Å²) < 4.78 is 5.37. The van der Waals surface area contributed by atoms with Crippen molar-refractivity contribution in [1.82, 2.24) is 4.98 Å². The molecule has 0 bridgehead atoms. The third-order valence-electron chi connectivity index (χ3n) is 3.00. The van der Waals surface area contributed by atoms with Crippen LogP contribution in [-0.2, 0) is 4.74 Å². The second-order valence-corrected chi connectivity index (χ2v) is 3.98. The van der Waals surface area contributed by atoms with E-state index < -0.39 is 0 Å². The Bertz CT molecular complexity index is 487. The number of anilines is 1. The van der Waals surface area contributed by atoms with Crippen molar-refractivity contribution >= 4 is 16.5 Å². The molecule has 0 aliphatic carbocycles. The Morgan fingerprint density at radius 3 is 2.75 bits per heavy atom. The van der Waals surface area contributed by atoms with Gasteiger partial charge in [-0.25, -0.2) is 0 Å². The smallest absolute Gasteiger partial charge is 0.0642 e. The van der Waals surface area contributed by atoms with E-state index in [0.29, 0.717) is 0 Å². The molecular formula is C13H14N2O. The predicted molar refractivity (Wildman–Crippen MR) is 64.8 cm³/mol. The fourth-order valence-electron chi connectivity index (χ4n) is 2.16. The lowest BCUT2D eigenvalue weighted by atomic mass is 10.1. The number of hydrogen-bond donors (Lipinski definition) is 0. The number of pyridine rings is 1. The first-order chi connectivity index (χ1) is 7.95. The molecule has 16 heavy (non-hydrogen) atoms. The molecule has 1 aliphatic heterocycles. The molecule has 0 spiro atoms. The van der Waals surface area contributed by atoms with Crippen molar-refractivity contribution in [2.45, 2.75) is 0 Å². The molecule has 0 amide bonds. The fourth-order valence-corrected chi connectivity index (χ4v) is 2.16. The summed E-state index contributed by atoms with van der Waals surface area (Å²) in [7, 11) is 0. The van der Waals surface area contributed by atoms with Crippen LogP contribution in [0.2, 0.25) is 0 Å². The fraction of sp³-hybridized carbons (Fsp3) is 0.308. The average molecular weight is 214 g/mol. The standard InChI is InChI=1S/C13H14N2O/c1-2-4-12-11(3-1)9-14-10-13(12)15-5-7-16-8-6-15/h1-4,9-10H,5-8H2. The van der Waals surface area contributed by atoms with Gasteiger partial charge in [0.25, 0.3) is 0 Å². The van der Waals surface area contributed by atoms with Crippen molar-refractivity contribution in [3.05, 3.63) is 36.7 Å². The number of aromatic nitrogens is 1. The molecule has 1 saturated heterocycles. The summed E-state index contributed by atoms with van der Waals surface area (Å²) in [5, 5.41) is 2.48. The van der Waals surface area contributed by atoms with Crippen molar-refractivity contribution in [2.24, 2.45) is 0 Å². The van der Waals surface area contributed by atoms with E-state index in [2.05, 4.69) is 28.1 Å². The summed E-state index contributed by atoms with van der Waals surface area (Å²) in [6.07, 6.45) is 3.87. The van der Waals surface area contributed by atoms with Gasteiger partial charge < -0.3 is 9.64 Å². The van der Waals surface area contributed by atoms with Crippen LogP contribution in [0, 0.1) is 0 Å². The molecule has 0 unspecified atom stereocenters. The first-order valence-electron chi connectivity index (χ1n) is 5.60. The predicted octanol–water partition coefficient (Wildman–Crippen LogP) is 2.07. The van der Waals surface area contributed by atoms with Crippen LogP contribution in [0.1, 0.15) is 0 Å². The molecule has 3 rings (SSSR count). The Hall–Kier alpha value is -1.61. The molecule has 0 atom stereocenters. The summed E-state index contributed by atoms with van der Waals surface area (Å²) in [5.41, 5.74) is 1.22. The normalized spacial score (nSPS) is 16.6. The lowest BCUT2D eigenvalue weighted by molar-refractivity contribution is 0.123. The van der Waals surface area contributed by atoms with Gasteiger partial charge >= 0.3 is 0 Å². The molecule has 3 heteroatoms. The van der Waals surface area contributed by atoms with Gasteiger partial charge in [-0.05, 0) is 0 Å². The molecule has 0 saturated carbocycles. The van der Waals surface area contributed by atoms with Gasteiger partial charge in [-0.1, -0.05) is 24.3 Å². The monoisotopic (exact) mass is 214 g/mol. The lowest BCUT2D eigenvalue weighted by Gasteiger charge is -2.29. The highest BCUT2D eigenvalue weighted by molar-refractivity contribution is 5.93. The first kappa shape index (κ1) is 9.60. The highest BCUT2D eigenvalue weighted by Gasteiger charge is 2.13. The van der Waals surface area contributed by atoms with Gasteiger partial charge in [-0.2, -0.15) is 0 Å². The highest BCUT2D eigenvalue weighted by Crippen LogP contribution is 2.25. The molecule has 3 nitrogen and oxygen atoms in total. The molecule has 0 N–H and O–H groups in total. The highest BCUT2D eigenvalue weighted by atomic mass is 16.5. The number of nitrogens with zero attached hydrogens (tertiary/aromatic N) is 2. The third kappa shape index (κ3) is 1.63. The summed E-state index contributed by atoms with van der Waals surface area (Å²) in [4.78, 5) is 6.65. The molecule has 1 aromatic carbocycles. The first-order valence-corrected chi connectivity index (χ1v) is 5.60. The molecule has 82 valence electrons. The SMILES string of the molecule is c1ccc2c(N3CCOCC3)cncc2c1. The van der Waals surface area contributed by atoms with E-state index in [0.717, 1.165) is 26.3 Å². The lowest BCUT2D eigenvalue weighted by Crippen LogP contribution is -2.36. The molecule has 1 fully saturated rings. The molecular weight excluding hydrogens is 200 g/mol. The number of morpholine rings is 1. The van der Waals surface area contributed by atoms with Crippen LogP contribution in [0.4, 0.5) is 5.69 Å². The quantitative estimate of drug-likeness (QED) is 0.726. The zero-order chi connectivity index (χ0) is 10.8. The Morgan fingerprint density at radius 1 is 1.06 bits per heavy atom. The van der Waals surface area contributed by atoms with Crippen LogP contribution in [0.3, 0.4) is 0 Å². The molecule has 1 aromatic heterocycles. The van der Waals surface area contributed by atoms with Crippen LogP contribution in [0.15, 0.2) is 36.7 Å². The van der Waals surface area contributed by atoms with Gasteiger partial charge in [0.1, 0.15) is 0 Å². The van der Waals surface area contributed by atoms with E-state index in [9.17, 15) is 0 Å². The minimum atomic E-state index is 0.809. The maximum Gasteiger partial charge on any atom is 0.0642 e. The van der Waals surface area contributed by atoms with E-state index in [-0.39, 0.29) is 0 Å². The van der Waals surface area contributed by atoms with Crippen molar-refractivity contribution in [1.29, 1.82) is 0 Å². The van der Waals surface area contributed by atoms with E-state index in [1.807, 2.05) is 18.5 Å². The number of hydrogen-bond acceptors (Lipinski definition) is 3.